The third kappa shape index (κ3) is 4.42. The molecule has 0 atom stereocenters. The predicted octanol–water partition coefficient (Wildman–Crippen LogP) is 6.60. The molecule has 130 valence electrons. The van der Waals surface area contributed by atoms with E-state index >= 15 is 0 Å². The van der Waals surface area contributed by atoms with Crippen molar-refractivity contribution in [2.75, 3.05) is 11.6 Å². The van der Waals surface area contributed by atoms with E-state index in [2.05, 4.69) is 69.7 Å². The lowest BCUT2D eigenvalue weighted by Gasteiger charge is -2.29. The lowest BCUT2D eigenvalue weighted by molar-refractivity contribution is 0.321. The van der Waals surface area contributed by atoms with Gasteiger partial charge >= 0.3 is 0 Å². The molecule has 0 saturated carbocycles. The standard InChI is InChI=1S/C19H20BrClN2OSi/c1-25(2,3)24-13-23(14-7-5-4-6-8-14)15-9-10-18-16(11-15)19(21)17(20)12-22-18/h4-12H,13H2,1-3H3. The van der Waals surface area contributed by atoms with Crippen LogP contribution in [-0.4, -0.2) is 20.0 Å². The number of para-hydroxylation sites is 1. The summed E-state index contributed by atoms with van der Waals surface area (Å²) in [5, 5.41) is 1.59. The second-order valence-electron chi connectivity index (χ2n) is 6.77. The van der Waals surface area contributed by atoms with E-state index in [0.29, 0.717) is 11.8 Å². The Hall–Kier alpha value is -1.40. The highest BCUT2D eigenvalue weighted by molar-refractivity contribution is 9.10. The highest BCUT2D eigenvalue weighted by Crippen LogP contribution is 2.34. The average Bonchev–Trinajstić information content (AvgIpc) is 2.59. The number of benzene rings is 2. The van der Waals surface area contributed by atoms with Crippen LogP contribution in [0, 0.1) is 0 Å². The quantitative estimate of drug-likeness (QED) is 0.333. The van der Waals surface area contributed by atoms with Crippen molar-refractivity contribution in [3.8, 4) is 0 Å². The van der Waals surface area contributed by atoms with Gasteiger partial charge in [-0.05, 0) is 65.9 Å². The van der Waals surface area contributed by atoms with Crippen LogP contribution >= 0.6 is 27.5 Å². The molecule has 0 aliphatic carbocycles. The van der Waals surface area contributed by atoms with Crippen molar-refractivity contribution in [3.05, 3.63) is 64.2 Å². The largest absolute Gasteiger partial charge is 0.400 e. The second kappa shape index (κ2) is 7.46. The summed E-state index contributed by atoms with van der Waals surface area (Å²) < 4.78 is 6.97. The Morgan fingerprint density at radius 3 is 2.48 bits per heavy atom. The zero-order chi connectivity index (χ0) is 18.0. The average molecular weight is 436 g/mol. The number of hydrogen-bond donors (Lipinski definition) is 0. The Balaban J connectivity index is 2.06. The smallest absolute Gasteiger partial charge is 0.186 e. The first kappa shape index (κ1) is 18.4. The lowest BCUT2D eigenvalue weighted by atomic mass is 10.1. The Kier molecular flexibility index (Phi) is 5.48. The van der Waals surface area contributed by atoms with Crippen molar-refractivity contribution < 1.29 is 4.43 Å². The fraction of sp³-hybridized carbons (Fsp3) is 0.211. The zero-order valence-electron chi connectivity index (χ0n) is 14.5. The fourth-order valence-corrected chi connectivity index (χ4v) is 3.49. The maximum atomic E-state index is 6.47. The summed E-state index contributed by atoms with van der Waals surface area (Å²) in [6.45, 7) is 7.07. The minimum Gasteiger partial charge on any atom is -0.400 e. The van der Waals surface area contributed by atoms with Gasteiger partial charge in [0.15, 0.2) is 8.32 Å². The molecule has 0 fully saturated rings. The SMILES string of the molecule is C[Si](C)(C)OCN(c1ccccc1)c1ccc2ncc(Br)c(Cl)c2c1. The van der Waals surface area contributed by atoms with E-state index in [1.54, 1.807) is 6.20 Å². The molecule has 3 rings (SSSR count). The number of hydrogen-bond acceptors (Lipinski definition) is 3. The van der Waals surface area contributed by atoms with Crippen LogP contribution in [0.15, 0.2) is 59.2 Å². The molecule has 0 unspecified atom stereocenters. The van der Waals surface area contributed by atoms with Gasteiger partial charge in [-0.3, -0.25) is 4.98 Å². The first-order chi connectivity index (χ1) is 11.8. The normalized spacial score (nSPS) is 11.7. The molecule has 3 nitrogen and oxygen atoms in total. The minimum absolute atomic E-state index is 0.504. The van der Waals surface area contributed by atoms with E-state index in [9.17, 15) is 0 Å². The molecule has 0 saturated heterocycles. The van der Waals surface area contributed by atoms with Crippen LogP contribution in [0.5, 0.6) is 0 Å². The minimum atomic E-state index is -1.65. The van der Waals surface area contributed by atoms with Gasteiger partial charge < -0.3 is 9.33 Å². The van der Waals surface area contributed by atoms with Gasteiger partial charge in [0.1, 0.15) is 6.73 Å². The number of pyridine rings is 1. The van der Waals surface area contributed by atoms with Gasteiger partial charge in [0.05, 0.1) is 15.0 Å². The molecule has 0 bridgehead atoms. The third-order valence-corrected chi connectivity index (χ3v) is 5.98. The van der Waals surface area contributed by atoms with E-state index in [-0.39, 0.29) is 0 Å². The fourth-order valence-electron chi connectivity index (χ4n) is 2.46. The van der Waals surface area contributed by atoms with Crippen molar-refractivity contribution in [1.29, 1.82) is 0 Å². The molecular formula is C19H20BrClN2OSi. The van der Waals surface area contributed by atoms with Crippen LogP contribution < -0.4 is 4.90 Å². The van der Waals surface area contributed by atoms with Crippen molar-refractivity contribution in [1.82, 2.24) is 4.98 Å². The molecule has 3 aromatic rings. The van der Waals surface area contributed by atoms with Crippen molar-refractivity contribution in [3.63, 3.8) is 0 Å². The molecule has 25 heavy (non-hydrogen) atoms. The maximum Gasteiger partial charge on any atom is 0.186 e. The van der Waals surface area contributed by atoms with Crippen LogP contribution in [0.4, 0.5) is 11.4 Å². The summed E-state index contributed by atoms with van der Waals surface area (Å²) in [5.41, 5.74) is 2.98. The molecule has 6 heteroatoms. The number of aromatic nitrogens is 1. The highest BCUT2D eigenvalue weighted by atomic mass is 79.9. The maximum absolute atomic E-state index is 6.47. The van der Waals surface area contributed by atoms with Gasteiger partial charge in [0, 0.05) is 23.0 Å². The van der Waals surface area contributed by atoms with Gasteiger partial charge in [0.2, 0.25) is 0 Å². The number of nitrogens with zero attached hydrogens (tertiary/aromatic N) is 2. The molecule has 1 heterocycles. The van der Waals surface area contributed by atoms with Gasteiger partial charge in [0.25, 0.3) is 0 Å². The van der Waals surface area contributed by atoms with Crippen LogP contribution in [0.25, 0.3) is 10.9 Å². The molecule has 0 amide bonds. The van der Waals surface area contributed by atoms with E-state index < -0.39 is 8.32 Å². The monoisotopic (exact) mass is 434 g/mol. The first-order valence-electron chi connectivity index (χ1n) is 8.05. The molecule has 2 aromatic carbocycles. The van der Waals surface area contributed by atoms with E-state index in [1.165, 1.54) is 0 Å². The van der Waals surface area contributed by atoms with Gasteiger partial charge in [-0.2, -0.15) is 0 Å². The van der Waals surface area contributed by atoms with Crippen LogP contribution in [0.2, 0.25) is 24.7 Å². The van der Waals surface area contributed by atoms with Crippen molar-refractivity contribution in [2.24, 2.45) is 0 Å². The van der Waals surface area contributed by atoms with Gasteiger partial charge in [-0.1, -0.05) is 29.8 Å². The number of fused-ring (bicyclic) bond motifs is 1. The molecule has 0 spiro atoms. The van der Waals surface area contributed by atoms with Crippen LogP contribution in [0.1, 0.15) is 0 Å². The molecular weight excluding hydrogens is 416 g/mol. The third-order valence-electron chi connectivity index (χ3n) is 3.75. The molecule has 0 aliphatic heterocycles. The molecule has 1 aromatic heterocycles. The van der Waals surface area contributed by atoms with Crippen molar-refractivity contribution >= 4 is 58.1 Å². The summed E-state index contributed by atoms with van der Waals surface area (Å²) in [4.78, 5) is 6.59. The zero-order valence-corrected chi connectivity index (χ0v) is 17.8. The van der Waals surface area contributed by atoms with E-state index in [4.69, 9.17) is 16.0 Å². The van der Waals surface area contributed by atoms with Crippen LogP contribution in [0.3, 0.4) is 0 Å². The summed E-state index contributed by atoms with van der Waals surface area (Å²) in [6.07, 6.45) is 1.73. The van der Waals surface area contributed by atoms with Crippen LogP contribution in [-0.2, 0) is 4.43 Å². The van der Waals surface area contributed by atoms with Crippen molar-refractivity contribution in [2.45, 2.75) is 19.6 Å². The highest BCUT2D eigenvalue weighted by Gasteiger charge is 2.18. The first-order valence-corrected chi connectivity index (χ1v) is 12.6. The molecule has 0 radical (unpaired) electrons. The summed E-state index contributed by atoms with van der Waals surface area (Å²) in [5.74, 6) is 0. The lowest BCUT2D eigenvalue weighted by Crippen LogP contribution is -2.32. The van der Waals surface area contributed by atoms with Gasteiger partial charge in [-0.25, -0.2) is 0 Å². The Morgan fingerprint density at radius 1 is 1.08 bits per heavy atom. The number of anilines is 2. The molecule has 0 N–H and O–H groups in total. The molecule has 0 aliphatic rings. The van der Waals surface area contributed by atoms with Gasteiger partial charge in [-0.15, -0.1) is 0 Å². The summed E-state index contributed by atoms with van der Waals surface area (Å²) in [7, 11) is -1.65. The summed E-state index contributed by atoms with van der Waals surface area (Å²) >= 11 is 9.92. The topological polar surface area (TPSA) is 25.4 Å². The number of rotatable bonds is 5. The van der Waals surface area contributed by atoms with E-state index in [0.717, 1.165) is 26.8 Å². The number of halogens is 2. The Labute approximate surface area is 162 Å². The predicted molar refractivity (Wildman–Crippen MR) is 112 cm³/mol. The summed E-state index contributed by atoms with van der Waals surface area (Å²) in [6, 6.07) is 16.4. The Morgan fingerprint density at radius 2 is 1.80 bits per heavy atom. The Bertz CT molecular complexity index is 884. The second-order valence-corrected chi connectivity index (χ2v) is 12.5. The van der Waals surface area contributed by atoms with E-state index in [1.807, 2.05) is 24.3 Å².